The van der Waals surface area contributed by atoms with E-state index in [0.29, 0.717) is 5.02 Å². The number of pyridine rings is 1. The molecule has 0 aliphatic heterocycles. The molecule has 1 N–H and O–H groups in total. The first-order chi connectivity index (χ1) is 11.8. The molecule has 0 radical (unpaired) electrons. The summed E-state index contributed by atoms with van der Waals surface area (Å²) >= 11 is 6.15. The third-order valence-electron chi connectivity index (χ3n) is 3.75. The zero-order valence-electron chi connectivity index (χ0n) is 13.8. The Morgan fingerprint density at radius 1 is 0.875 bits per heavy atom. The van der Waals surface area contributed by atoms with Crippen molar-refractivity contribution in [2.24, 2.45) is 0 Å². The summed E-state index contributed by atoms with van der Waals surface area (Å²) < 4.78 is 0. The van der Waals surface area contributed by atoms with E-state index >= 15 is 0 Å². The van der Waals surface area contributed by atoms with Gasteiger partial charge in [0, 0.05) is 28.4 Å². The lowest BCUT2D eigenvalue weighted by atomic mass is 10.0. The summed E-state index contributed by atoms with van der Waals surface area (Å²) in [6.07, 6.45) is 3.93. The Morgan fingerprint density at radius 2 is 1.67 bits per heavy atom. The highest BCUT2D eigenvalue weighted by Gasteiger charge is 2.10. The Hall–Kier alpha value is -2.58. The molecule has 0 aliphatic rings. The van der Waals surface area contributed by atoms with Crippen LogP contribution < -0.4 is 0 Å². The van der Waals surface area contributed by atoms with Crippen LogP contribution in [0.5, 0.6) is 0 Å². The number of aromatic nitrogens is 2. The molecule has 0 amide bonds. The van der Waals surface area contributed by atoms with Gasteiger partial charge < -0.3 is 4.98 Å². The molecule has 0 unspecified atom stereocenters. The minimum absolute atomic E-state index is 0.699. The minimum atomic E-state index is 0.699. The molecule has 0 fully saturated rings. The molecule has 0 atom stereocenters. The van der Waals surface area contributed by atoms with Crippen LogP contribution in [0.4, 0.5) is 0 Å². The summed E-state index contributed by atoms with van der Waals surface area (Å²) in [5.41, 5.74) is 5.26. The van der Waals surface area contributed by atoms with Crippen molar-refractivity contribution in [1.29, 1.82) is 0 Å². The Morgan fingerprint density at radius 3 is 2.38 bits per heavy atom. The maximum atomic E-state index is 6.15. The van der Waals surface area contributed by atoms with Crippen molar-refractivity contribution in [3.63, 3.8) is 0 Å². The highest BCUT2D eigenvalue weighted by atomic mass is 35.5. The molecule has 4 aromatic rings. The topological polar surface area (TPSA) is 28.7 Å². The second-order valence-electron chi connectivity index (χ2n) is 5.18. The molecule has 120 valence electrons. The Bertz CT molecular complexity index is 929. The number of H-pyrrole nitrogens is 1. The number of hydrogen-bond donors (Lipinski definition) is 1. The third-order valence-corrected chi connectivity index (χ3v) is 3.99. The summed E-state index contributed by atoms with van der Waals surface area (Å²) in [6, 6.07) is 20.2. The van der Waals surface area contributed by atoms with E-state index in [1.54, 1.807) is 0 Å². The lowest BCUT2D eigenvalue weighted by Crippen LogP contribution is -1.89. The lowest BCUT2D eigenvalue weighted by molar-refractivity contribution is 1.39. The minimum Gasteiger partial charge on any atom is -0.367 e. The number of hydrogen-bond acceptors (Lipinski definition) is 1. The summed E-state index contributed by atoms with van der Waals surface area (Å²) in [5, 5.41) is 1.80. The van der Waals surface area contributed by atoms with Crippen LogP contribution in [0.15, 0.2) is 73.1 Å². The van der Waals surface area contributed by atoms with Crippen molar-refractivity contribution in [2.75, 3.05) is 0 Å². The quantitative estimate of drug-likeness (QED) is 0.441. The number of benzene rings is 2. The van der Waals surface area contributed by atoms with Gasteiger partial charge >= 0.3 is 0 Å². The molecule has 0 saturated carbocycles. The van der Waals surface area contributed by atoms with Crippen LogP contribution in [0.3, 0.4) is 0 Å². The average Bonchev–Trinajstić information content (AvgIpc) is 3.17. The number of rotatable bonds is 2. The highest BCUT2D eigenvalue weighted by molar-refractivity contribution is 6.31. The van der Waals surface area contributed by atoms with E-state index in [-0.39, 0.29) is 0 Å². The highest BCUT2D eigenvalue weighted by Crippen LogP contribution is 2.32. The van der Waals surface area contributed by atoms with E-state index in [1.807, 2.05) is 62.6 Å². The van der Waals surface area contributed by atoms with Crippen LogP contribution in [0.2, 0.25) is 5.02 Å². The van der Waals surface area contributed by atoms with E-state index in [1.165, 1.54) is 0 Å². The van der Waals surface area contributed by atoms with Gasteiger partial charge in [0.2, 0.25) is 0 Å². The Labute approximate surface area is 147 Å². The zero-order chi connectivity index (χ0) is 16.9. The van der Waals surface area contributed by atoms with E-state index in [9.17, 15) is 0 Å². The van der Waals surface area contributed by atoms with Crippen LogP contribution in [-0.2, 0) is 0 Å². The van der Waals surface area contributed by atoms with Crippen LogP contribution in [0, 0.1) is 0 Å². The molecule has 4 rings (SSSR count). The zero-order valence-corrected chi connectivity index (χ0v) is 14.5. The molecule has 0 spiro atoms. The smallest absolute Gasteiger partial charge is 0.0730 e. The largest absolute Gasteiger partial charge is 0.367 e. The van der Waals surface area contributed by atoms with Crippen molar-refractivity contribution in [3.8, 4) is 22.4 Å². The number of nitrogens with one attached hydrogen (secondary N) is 1. The van der Waals surface area contributed by atoms with Gasteiger partial charge in [-0.2, -0.15) is 0 Å². The van der Waals surface area contributed by atoms with Crippen molar-refractivity contribution in [2.45, 2.75) is 13.8 Å². The van der Waals surface area contributed by atoms with Crippen LogP contribution in [0.25, 0.3) is 33.3 Å². The first-order valence-electron chi connectivity index (χ1n) is 8.10. The van der Waals surface area contributed by atoms with Crippen molar-refractivity contribution >= 4 is 22.5 Å². The first-order valence-corrected chi connectivity index (χ1v) is 8.48. The maximum Gasteiger partial charge on any atom is 0.0730 e. The van der Waals surface area contributed by atoms with E-state index in [4.69, 9.17) is 16.6 Å². The third kappa shape index (κ3) is 3.19. The van der Waals surface area contributed by atoms with Gasteiger partial charge in [-0.3, -0.25) is 0 Å². The fourth-order valence-corrected chi connectivity index (χ4v) is 2.85. The second kappa shape index (κ2) is 7.33. The predicted octanol–water partition coefficient (Wildman–Crippen LogP) is 6.58. The summed E-state index contributed by atoms with van der Waals surface area (Å²) in [4.78, 5) is 7.90. The molecule has 2 heterocycles. The fourth-order valence-electron chi connectivity index (χ4n) is 2.69. The monoisotopic (exact) mass is 334 g/mol. The SMILES string of the molecule is CC.Clc1ccc2c(-c3cc[nH]c3)cc(-c3ccccc3)nc2c1. The van der Waals surface area contributed by atoms with Gasteiger partial charge in [-0.15, -0.1) is 0 Å². The van der Waals surface area contributed by atoms with Crippen LogP contribution in [0.1, 0.15) is 13.8 Å². The molecule has 3 heteroatoms. The van der Waals surface area contributed by atoms with E-state index in [0.717, 1.165) is 33.3 Å². The van der Waals surface area contributed by atoms with Gasteiger partial charge in [0.15, 0.2) is 0 Å². The Kier molecular flexibility index (Phi) is 4.97. The molecule has 2 aromatic carbocycles. The summed E-state index contributed by atoms with van der Waals surface area (Å²) in [5.74, 6) is 0. The average molecular weight is 335 g/mol. The number of nitrogens with zero attached hydrogens (tertiary/aromatic N) is 1. The van der Waals surface area contributed by atoms with Gasteiger partial charge in [0.25, 0.3) is 0 Å². The van der Waals surface area contributed by atoms with Gasteiger partial charge in [-0.05, 0) is 35.4 Å². The predicted molar refractivity (Wildman–Crippen MR) is 103 cm³/mol. The second-order valence-corrected chi connectivity index (χ2v) is 5.62. The molecular weight excluding hydrogens is 316 g/mol. The van der Waals surface area contributed by atoms with Crippen LogP contribution >= 0.6 is 11.6 Å². The van der Waals surface area contributed by atoms with E-state index in [2.05, 4.69) is 29.2 Å². The number of aromatic amines is 1. The molecule has 0 saturated heterocycles. The Balaban J connectivity index is 0.000000815. The molecule has 0 bridgehead atoms. The van der Waals surface area contributed by atoms with Crippen molar-refractivity contribution < 1.29 is 0 Å². The molecular formula is C21H19ClN2. The molecule has 2 nitrogen and oxygen atoms in total. The molecule has 24 heavy (non-hydrogen) atoms. The molecule has 0 aliphatic carbocycles. The first kappa shape index (κ1) is 16.3. The molecule has 2 aromatic heterocycles. The summed E-state index contributed by atoms with van der Waals surface area (Å²) in [6.45, 7) is 4.00. The lowest BCUT2D eigenvalue weighted by Gasteiger charge is -2.09. The van der Waals surface area contributed by atoms with Gasteiger partial charge in [-0.25, -0.2) is 4.98 Å². The van der Waals surface area contributed by atoms with Crippen LogP contribution in [-0.4, -0.2) is 9.97 Å². The fraction of sp³-hybridized carbons (Fsp3) is 0.0952. The summed E-state index contributed by atoms with van der Waals surface area (Å²) in [7, 11) is 0. The van der Waals surface area contributed by atoms with Crippen molar-refractivity contribution in [1.82, 2.24) is 9.97 Å². The maximum absolute atomic E-state index is 6.15. The number of halogens is 1. The van der Waals surface area contributed by atoms with E-state index < -0.39 is 0 Å². The standard InChI is InChI=1S/C19H13ClN2.C2H6/c20-15-6-7-16-17(14-8-9-21-12-14)11-18(22-19(16)10-15)13-4-2-1-3-5-13;1-2/h1-12,21H;1-2H3. The van der Waals surface area contributed by atoms with Gasteiger partial charge in [-0.1, -0.05) is 61.8 Å². The normalized spacial score (nSPS) is 10.3. The van der Waals surface area contributed by atoms with Crippen molar-refractivity contribution in [3.05, 3.63) is 78.1 Å². The van der Waals surface area contributed by atoms with Gasteiger partial charge in [0.05, 0.1) is 11.2 Å². The number of fused-ring (bicyclic) bond motifs is 1. The van der Waals surface area contributed by atoms with Gasteiger partial charge in [0.1, 0.15) is 0 Å².